The van der Waals surface area contributed by atoms with Crippen LogP contribution in [0.15, 0.2) is 37.4 Å². The van der Waals surface area contributed by atoms with E-state index in [1.54, 1.807) is 0 Å². The van der Waals surface area contributed by atoms with Gasteiger partial charge in [-0.05, 0) is 11.1 Å². The Morgan fingerprint density at radius 3 is 1.00 bits per heavy atom. The molecule has 1 aromatic rings. The smallest absolute Gasteiger partial charge is 0.0319 e. The van der Waals surface area contributed by atoms with Gasteiger partial charge in [-0.25, -0.2) is 0 Å². The van der Waals surface area contributed by atoms with E-state index in [1.807, 2.05) is 91.8 Å². The summed E-state index contributed by atoms with van der Waals surface area (Å²) in [6, 6.07) is 8.02. The molecule has 0 spiro atoms. The van der Waals surface area contributed by atoms with Crippen molar-refractivity contribution in [2.45, 2.75) is 55.4 Å². The van der Waals surface area contributed by atoms with Crippen molar-refractivity contribution in [1.82, 2.24) is 0 Å². The van der Waals surface area contributed by atoms with Crippen LogP contribution in [0.2, 0.25) is 0 Å². The Hall–Kier alpha value is -1.34. The largest absolute Gasteiger partial charge is 0.400 e. The molecule has 0 aliphatic carbocycles. The van der Waals surface area contributed by atoms with Gasteiger partial charge in [0.1, 0.15) is 0 Å². The lowest BCUT2D eigenvalue weighted by atomic mass is 10.1. The Bertz CT molecular complexity index is 225. The molecule has 0 atom stereocenters. The normalized spacial score (nSPS) is 5.90. The van der Waals surface area contributed by atoms with Crippen LogP contribution in [0, 0.1) is 0 Å². The first-order valence-corrected chi connectivity index (χ1v) is 7.67. The number of benzene rings is 1. The molecule has 0 bridgehead atoms. The third-order valence-corrected chi connectivity index (χ3v) is 1.44. The average molecular weight is 283 g/mol. The summed E-state index contributed by atoms with van der Waals surface area (Å²) >= 11 is 0. The fourth-order valence-electron chi connectivity index (χ4n) is 0.883. The van der Waals surface area contributed by atoms with Crippen LogP contribution in [0.25, 0.3) is 12.2 Å². The van der Waals surface area contributed by atoms with E-state index in [1.165, 1.54) is 0 Å². The highest BCUT2D eigenvalue weighted by atomic mass is 16.2. The van der Waals surface area contributed by atoms with Crippen LogP contribution < -0.4 is 0 Å². The standard InChI is InChI=1S/C10H10.4C2H6.CH4O/c1-3-9-7-5-6-8-10(9)4-2;5*1-2/h3-8H,1-2H2;4*1-2H3;2H,1H3. The van der Waals surface area contributed by atoms with E-state index < -0.39 is 0 Å². The third kappa shape index (κ3) is 21.9. The maximum absolute atomic E-state index is 7.00. The van der Waals surface area contributed by atoms with Crippen molar-refractivity contribution in [2.75, 3.05) is 7.11 Å². The maximum Gasteiger partial charge on any atom is 0.0319 e. The molecule has 1 aromatic carbocycles. The molecule has 1 nitrogen and oxygen atoms in total. The Morgan fingerprint density at radius 1 is 0.650 bits per heavy atom. The summed E-state index contributed by atoms with van der Waals surface area (Å²) in [5.74, 6) is 0. The molecule has 0 aromatic heterocycles. The minimum atomic E-state index is 1.00. The van der Waals surface area contributed by atoms with Gasteiger partial charge in [-0.15, -0.1) is 0 Å². The van der Waals surface area contributed by atoms with Crippen LogP contribution in [-0.2, 0) is 0 Å². The Labute approximate surface area is 129 Å². The number of hydrogen-bond acceptors (Lipinski definition) is 1. The quantitative estimate of drug-likeness (QED) is 0.641. The molecule has 0 heterocycles. The first kappa shape index (κ1) is 31.2. The molecule has 0 unspecified atom stereocenters. The Kier molecular flexibility index (Phi) is 67.3. The first-order valence-electron chi connectivity index (χ1n) is 7.67. The van der Waals surface area contributed by atoms with Gasteiger partial charge in [0.2, 0.25) is 0 Å². The summed E-state index contributed by atoms with van der Waals surface area (Å²) in [4.78, 5) is 0. The van der Waals surface area contributed by atoms with Crippen LogP contribution in [0.1, 0.15) is 66.5 Å². The molecule has 20 heavy (non-hydrogen) atoms. The Balaban J connectivity index is -0.0000000639. The van der Waals surface area contributed by atoms with Crippen molar-refractivity contribution in [1.29, 1.82) is 0 Å². The summed E-state index contributed by atoms with van der Waals surface area (Å²) < 4.78 is 0. The van der Waals surface area contributed by atoms with Crippen molar-refractivity contribution >= 4 is 12.2 Å². The van der Waals surface area contributed by atoms with Gasteiger partial charge in [0.25, 0.3) is 0 Å². The molecule has 0 saturated heterocycles. The lowest BCUT2D eigenvalue weighted by Gasteiger charge is -1.96. The van der Waals surface area contributed by atoms with Crippen LogP contribution in [-0.4, -0.2) is 12.2 Å². The van der Waals surface area contributed by atoms with Gasteiger partial charge in [0, 0.05) is 7.11 Å². The van der Waals surface area contributed by atoms with Crippen LogP contribution in [0.4, 0.5) is 0 Å². The molecule has 120 valence electrons. The van der Waals surface area contributed by atoms with Gasteiger partial charge < -0.3 is 5.11 Å². The number of aliphatic hydroxyl groups excluding tert-OH is 1. The first-order chi connectivity index (χ1) is 9.88. The topological polar surface area (TPSA) is 20.2 Å². The summed E-state index contributed by atoms with van der Waals surface area (Å²) in [6.45, 7) is 23.4. The summed E-state index contributed by atoms with van der Waals surface area (Å²) in [7, 11) is 1.00. The zero-order valence-corrected chi connectivity index (χ0v) is 15.3. The average Bonchev–Trinajstić information content (AvgIpc) is 2.63. The van der Waals surface area contributed by atoms with Gasteiger partial charge in [-0.3, -0.25) is 0 Å². The predicted molar refractivity (Wildman–Crippen MR) is 100 cm³/mol. The van der Waals surface area contributed by atoms with E-state index in [0.717, 1.165) is 18.2 Å². The molecule has 0 saturated carbocycles. The van der Waals surface area contributed by atoms with E-state index in [4.69, 9.17) is 5.11 Å². The number of aliphatic hydroxyl groups is 1. The van der Waals surface area contributed by atoms with E-state index in [2.05, 4.69) is 13.2 Å². The van der Waals surface area contributed by atoms with Gasteiger partial charge in [-0.1, -0.05) is 105 Å². The van der Waals surface area contributed by atoms with E-state index >= 15 is 0 Å². The Morgan fingerprint density at radius 2 is 0.850 bits per heavy atom. The van der Waals surface area contributed by atoms with Crippen molar-refractivity contribution in [3.8, 4) is 0 Å². The van der Waals surface area contributed by atoms with Gasteiger partial charge in [0.05, 0.1) is 0 Å². The minimum Gasteiger partial charge on any atom is -0.400 e. The molecule has 0 aliphatic heterocycles. The van der Waals surface area contributed by atoms with Gasteiger partial charge in [-0.2, -0.15) is 0 Å². The van der Waals surface area contributed by atoms with Gasteiger partial charge >= 0.3 is 0 Å². The van der Waals surface area contributed by atoms with Crippen molar-refractivity contribution in [3.05, 3.63) is 48.6 Å². The molecule has 0 radical (unpaired) electrons. The monoisotopic (exact) mass is 282 g/mol. The minimum absolute atomic E-state index is 1.00. The molecule has 0 fully saturated rings. The third-order valence-electron chi connectivity index (χ3n) is 1.44. The highest BCUT2D eigenvalue weighted by molar-refractivity contribution is 5.63. The lowest BCUT2D eigenvalue weighted by Crippen LogP contribution is -1.76. The lowest BCUT2D eigenvalue weighted by molar-refractivity contribution is 0.399. The molecule has 1 N–H and O–H groups in total. The van der Waals surface area contributed by atoms with E-state index in [9.17, 15) is 0 Å². The molecule has 0 amide bonds. The van der Waals surface area contributed by atoms with Crippen molar-refractivity contribution in [2.24, 2.45) is 0 Å². The second kappa shape index (κ2) is 43.1. The zero-order chi connectivity index (χ0) is 17.4. The molecular formula is C19H38O. The predicted octanol–water partition coefficient (Wildman–Crippen LogP) is 6.69. The van der Waals surface area contributed by atoms with E-state index in [0.29, 0.717) is 0 Å². The maximum atomic E-state index is 7.00. The van der Waals surface area contributed by atoms with Crippen LogP contribution in [0.5, 0.6) is 0 Å². The fourth-order valence-corrected chi connectivity index (χ4v) is 0.883. The second-order valence-corrected chi connectivity index (χ2v) is 2.04. The molecular weight excluding hydrogens is 244 g/mol. The fraction of sp³-hybridized carbons (Fsp3) is 0.474. The summed E-state index contributed by atoms with van der Waals surface area (Å²) in [5, 5.41) is 7.00. The van der Waals surface area contributed by atoms with Crippen LogP contribution in [0.3, 0.4) is 0 Å². The molecule has 1 heteroatoms. The summed E-state index contributed by atoms with van der Waals surface area (Å²) in [5.41, 5.74) is 2.27. The summed E-state index contributed by atoms with van der Waals surface area (Å²) in [6.07, 6.45) is 3.66. The van der Waals surface area contributed by atoms with E-state index in [-0.39, 0.29) is 0 Å². The van der Waals surface area contributed by atoms with Crippen LogP contribution >= 0.6 is 0 Å². The highest BCUT2D eigenvalue weighted by Gasteiger charge is 1.89. The molecule has 1 rings (SSSR count). The highest BCUT2D eigenvalue weighted by Crippen LogP contribution is 2.10. The number of hydrogen-bond donors (Lipinski definition) is 1. The van der Waals surface area contributed by atoms with Crippen molar-refractivity contribution in [3.63, 3.8) is 0 Å². The second-order valence-electron chi connectivity index (χ2n) is 2.04. The van der Waals surface area contributed by atoms with Crippen molar-refractivity contribution < 1.29 is 5.11 Å². The zero-order valence-electron chi connectivity index (χ0n) is 15.3. The van der Waals surface area contributed by atoms with Gasteiger partial charge in [0.15, 0.2) is 0 Å². The number of rotatable bonds is 2. The SMILES string of the molecule is C=Cc1ccccc1C=C.CC.CC.CC.CC.CO. The molecule has 0 aliphatic rings.